The number of benzene rings is 1. The molecule has 2 nitrogen and oxygen atoms in total. The zero-order valence-electron chi connectivity index (χ0n) is 12.9. The van der Waals surface area contributed by atoms with E-state index in [1.807, 2.05) is 0 Å². The van der Waals surface area contributed by atoms with Gasteiger partial charge in [-0.3, -0.25) is 0 Å². The van der Waals surface area contributed by atoms with E-state index >= 15 is 0 Å². The van der Waals surface area contributed by atoms with Crippen LogP contribution >= 0.6 is 0 Å². The zero-order valence-corrected chi connectivity index (χ0v) is 12.9. The summed E-state index contributed by atoms with van der Waals surface area (Å²) in [6.07, 6.45) is 3.37. The Hall–Kier alpha value is -0.860. The smallest absolute Gasteiger partial charge is 0.0502 e. The van der Waals surface area contributed by atoms with Crippen molar-refractivity contribution in [1.82, 2.24) is 5.32 Å². The zero-order chi connectivity index (χ0) is 14.1. The lowest BCUT2D eigenvalue weighted by atomic mass is 9.91. The molecule has 0 heterocycles. The third kappa shape index (κ3) is 5.33. The van der Waals surface area contributed by atoms with Crippen LogP contribution in [0.1, 0.15) is 50.8 Å². The standard InChI is InChI=1S/C17H29NO/c1-5-12-18-17(14(3)6-2)16-9-7-15(8-10-16)11-13-19-4/h7-10,14,17-18H,5-6,11-13H2,1-4H3. The van der Waals surface area contributed by atoms with Crippen molar-refractivity contribution in [3.63, 3.8) is 0 Å². The maximum absolute atomic E-state index is 5.12. The molecule has 0 aliphatic heterocycles. The molecule has 0 saturated heterocycles. The average Bonchev–Trinajstić information content (AvgIpc) is 2.46. The van der Waals surface area contributed by atoms with Crippen molar-refractivity contribution in [1.29, 1.82) is 0 Å². The Balaban J connectivity index is 2.72. The lowest BCUT2D eigenvalue weighted by molar-refractivity contribution is 0.202. The van der Waals surface area contributed by atoms with Crippen LogP contribution in [0.3, 0.4) is 0 Å². The van der Waals surface area contributed by atoms with Gasteiger partial charge in [0.15, 0.2) is 0 Å². The molecule has 1 aromatic carbocycles. The van der Waals surface area contributed by atoms with Gasteiger partial charge in [0.05, 0.1) is 6.61 Å². The summed E-state index contributed by atoms with van der Waals surface area (Å²) in [7, 11) is 1.75. The van der Waals surface area contributed by atoms with Crippen molar-refractivity contribution in [2.24, 2.45) is 5.92 Å². The number of methoxy groups -OCH3 is 1. The fraction of sp³-hybridized carbons (Fsp3) is 0.647. The van der Waals surface area contributed by atoms with Crippen molar-refractivity contribution in [3.05, 3.63) is 35.4 Å². The van der Waals surface area contributed by atoms with Gasteiger partial charge in [0.2, 0.25) is 0 Å². The van der Waals surface area contributed by atoms with Gasteiger partial charge < -0.3 is 10.1 Å². The average molecular weight is 263 g/mol. The molecule has 1 rings (SSSR count). The third-order valence-electron chi connectivity index (χ3n) is 3.76. The van der Waals surface area contributed by atoms with E-state index in [1.165, 1.54) is 24.0 Å². The van der Waals surface area contributed by atoms with Gasteiger partial charge in [-0.05, 0) is 36.4 Å². The summed E-state index contributed by atoms with van der Waals surface area (Å²) >= 11 is 0. The highest BCUT2D eigenvalue weighted by Crippen LogP contribution is 2.24. The highest BCUT2D eigenvalue weighted by Gasteiger charge is 2.16. The minimum absolute atomic E-state index is 0.474. The Morgan fingerprint density at radius 3 is 2.37 bits per heavy atom. The summed E-state index contributed by atoms with van der Waals surface area (Å²) in [5.41, 5.74) is 2.76. The summed E-state index contributed by atoms with van der Waals surface area (Å²) in [5, 5.41) is 3.67. The molecule has 0 amide bonds. The van der Waals surface area contributed by atoms with E-state index in [-0.39, 0.29) is 0 Å². The van der Waals surface area contributed by atoms with Crippen LogP contribution < -0.4 is 5.32 Å². The maximum atomic E-state index is 5.12. The van der Waals surface area contributed by atoms with E-state index in [0.717, 1.165) is 19.6 Å². The number of hydrogen-bond acceptors (Lipinski definition) is 2. The topological polar surface area (TPSA) is 21.3 Å². The first kappa shape index (κ1) is 16.2. The number of rotatable bonds is 9. The summed E-state index contributed by atoms with van der Waals surface area (Å²) in [4.78, 5) is 0. The first-order chi connectivity index (χ1) is 9.22. The van der Waals surface area contributed by atoms with E-state index in [0.29, 0.717) is 12.0 Å². The Morgan fingerprint density at radius 1 is 1.16 bits per heavy atom. The van der Waals surface area contributed by atoms with Crippen molar-refractivity contribution in [2.75, 3.05) is 20.3 Å². The lowest BCUT2D eigenvalue weighted by Gasteiger charge is -2.25. The molecule has 0 aliphatic carbocycles. The predicted molar refractivity (Wildman–Crippen MR) is 82.5 cm³/mol. The molecule has 0 spiro atoms. The van der Waals surface area contributed by atoms with Crippen molar-refractivity contribution in [3.8, 4) is 0 Å². The van der Waals surface area contributed by atoms with Crippen molar-refractivity contribution >= 4 is 0 Å². The second-order valence-corrected chi connectivity index (χ2v) is 5.30. The second-order valence-electron chi connectivity index (χ2n) is 5.30. The number of ether oxygens (including phenoxy) is 1. The van der Waals surface area contributed by atoms with E-state index < -0.39 is 0 Å². The quantitative estimate of drug-likeness (QED) is 0.728. The van der Waals surface area contributed by atoms with E-state index in [9.17, 15) is 0 Å². The van der Waals surface area contributed by atoms with E-state index in [1.54, 1.807) is 7.11 Å². The molecule has 19 heavy (non-hydrogen) atoms. The SMILES string of the molecule is CCCNC(c1ccc(CCOC)cc1)C(C)CC. The molecular formula is C17H29NO. The molecule has 0 bridgehead atoms. The monoisotopic (exact) mass is 263 g/mol. The van der Waals surface area contributed by atoms with Gasteiger partial charge in [-0.25, -0.2) is 0 Å². The van der Waals surface area contributed by atoms with Gasteiger partial charge in [-0.1, -0.05) is 51.5 Å². The molecule has 1 aromatic rings. The molecule has 0 radical (unpaired) electrons. The summed E-state index contributed by atoms with van der Waals surface area (Å²) in [6.45, 7) is 8.68. The number of nitrogens with one attached hydrogen (secondary N) is 1. The largest absolute Gasteiger partial charge is 0.384 e. The molecule has 2 heteroatoms. The molecule has 0 aliphatic rings. The van der Waals surface area contributed by atoms with Crippen LogP contribution in [0.5, 0.6) is 0 Å². The van der Waals surface area contributed by atoms with E-state index in [4.69, 9.17) is 4.74 Å². The van der Waals surface area contributed by atoms with Gasteiger partial charge in [0.25, 0.3) is 0 Å². The van der Waals surface area contributed by atoms with Crippen molar-refractivity contribution in [2.45, 2.75) is 46.1 Å². The minimum atomic E-state index is 0.474. The predicted octanol–water partition coefficient (Wildman–Crippen LogP) is 3.96. The minimum Gasteiger partial charge on any atom is -0.384 e. The third-order valence-corrected chi connectivity index (χ3v) is 3.76. The molecule has 0 aromatic heterocycles. The Morgan fingerprint density at radius 2 is 1.84 bits per heavy atom. The fourth-order valence-electron chi connectivity index (χ4n) is 2.29. The first-order valence-corrected chi connectivity index (χ1v) is 7.54. The Kier molecular flexibility index (Phi) is 7.76. The second kappa shape index (κ2) is 9.11. The van der Waals surface area contributed by atoms with E-state index in [2.05, 4.69) is 50.4 Å². The van der Waals surface area contributed by atoms with Crippen LogP contribution in [-0.2, 0) is 11.2 Å². The molecule has 0 saturated carbocycles. The molecule has 108 valence electrons. The Labute approximate surface area is 118 Å². The lowest BCUT2D eigenvalue weighted by Crippen LogP contribution is -2.27. The highest BCUT2D eigenvalue weighted by atomic mass is 16.5. The van der Waals surface area contributed by atoms with Crippen LogP contribution in [-0.4, -0.2) is 20.3 Å². The number of hydrogen-bond donors (Lipinski definition) is 1. The molecule has 2 atom stereocenters. The van der Waals surface area contributed by atoms with Crippen molar-refractivity contribution < 1.29 is 4.74 Å². The molecule has 0 fully saturated rings. The maximum Gasteiger partial charge on any atom is 0.0502 e. The van der Waals surface area contributed by atoms with Crippen LogP contribution in [0.2, 0.25) is 0 Å². The summed E-state index contributed by atoms with van der Waals surface area (Å²) < 4.78 is 5.12. The van der Waals surface area contributed by atoms with Gasteiger partial charge in [0, 0.05) is 13.2 Å². The van der Waals surface area contributed by atoms with Gasteiger partial charge in [-0.15, -0.1) is 0 Å². The van der Waals surface area contributed by atoms with Crippen LogP contribution in [0.15, 0.2) is 24.3 Å². The summed E-state index contributed by atoms with van der Waals surface area (Å²) in [5.74, 6) is 0.663. The normalized spacial score (nSPS) is 14.3. The van der Waals surface area contributed by atoms with Crippen LogP contribution in [0.4, 0.5) is 0 Å². The van der Waals surface area contributed by atoms with Crippen LogP contribution in [0, 0.1) is 5.92 Å². The van der Waals surface area contributed by atoms with Crippen LogP contribution in [0.25, 0.3) is 0 Å². The fourth-order valence-corrected chi connectivity index (χ4v) is 2.29. The van der Waals surface area contributed by atoms with Gasteiger partial charge >= 0.3 is 0 Å². The summed E-state index contributed by atoms with van der Waals surface area (Å²) in [6, 6.07) is 9.48. The molecule has 2 unspecified atom stereocenters. The first-order valence-electron chi connectivity index (χ1n) is 7.54. The Bertz CT molecular complexity index is 334. The molecule has 1 N–H and O–H groups in total. The highest BCUT2D eigenvalue weighted by molar-refractivity contribution is 5.25. The molecular weight excluding hydrogens is 234 g/mol. The van der Waals surface area contributed by atoms with Gasteiger partial charge in [-0.2, -0.15) is 0 Å². The van der Waals surface area contributed by atoms with Gasteiger partial charge in [0.1, 0.15) is 0 Å².